The molecule has 1 N–H and O–H groups in total. The van der Waals surface area contributed by atoms with Crippen molar-refractivity contribution in [2.45, 2.75) is 19.3 Å². The van der Waals surface area contributed by atoms with E-state index in [-0.39, 0.29) is 17.6 Å². The van der Waals surface area contributed by atoms with Gasteiger partial charge in [0.25, 0.3) is 5.91 Å². The smallest absolute Gasteiger partial charge is 0.291 e. The number of furan rings is 1. The van der Waals surface area contributed by atoms with E-state index in [2.05, 4.69) is 5.32 Å². The summed E-state index contributed by atoms with van der Waals surface area (Å²) in [5.74, 6) is -0.207. The molecule has 1 aromatic heterocycles. The van der Waals surface area contributed by atoms with Gasteiger partial charge in [0.2, 0.25) is 11.7 Å². The number of fused-ring (bicyclic) bond motifs is 1. The zero-order chi connectivity index (χ0) is 20.9. The molecule has 156 valence electrons. The van der Waals surface area contributed by atoms with Crippen LogP contribution < -0.4 is 5.32 Å². The highest BCUT2D eigenvalue weighted by atomic mass is 35.5. The van der Waals surface area contributed by atoms with Crippen LogP contribution in [0.25, 0.3) is 11.0 Å². The molecular weight excluding hydrogens is 404 g/mol. The lowest BCUT2D eigenvalue weighted by Crippen LogP contribution is -2.40. The molecule has 0 radical (unpaired) electrons. The number of hydrogen-bond donors (Lipinski definition) is 1. The van der Waals surface area contributed by atoms with Crippen LogP contribution >= 0.6 is 11.6 Å². The Morgan fingerprint density at radius 2 is 1.77 bits per heavy atom. The molecule has 1 aliphatic rings. The first-order chi connectivity index (χ1) is 14.6. The molecule has 30 heavy (non-hydrogen) atoms. The molecule has 0 saturated carbocycles. The maximum Gasteiger partial charge on any atom is 0.291 e. The van der Waals surface area contributed by atoms with Gasteiger partial charge >= 0.3 is 0 Å². The van der Waals surface area contributed by atoms with Gasteiger partial charge in [0.15, 0.2) is 0 Å². The lowest BCUT2D eigenvalue weighted by Gasteiger charge is -2.26. The van der Waals surface area contributed by atoms with Crippen LogP contribution in [0.1, 0.15) is 29.0 Å². The molecule has 2 heterocycles. The lowest BCUT2D eigenvalue weighted by atomic mass is 10.1. The first-order valence-corrected chi connectivity index (χ1v) is 10.4. The molecule has 0 aliphatic carbocycles. The molecular formula is C23H23ClN2O4. The summed E-state index contributed by atoms with van der Waals surface area (Å²) in [4.78, 5) is 27.3. The number of benzene rings is 2. The topological polar surface area (TPSA) is 71.8 Å². The predicted octanol–water partition coefficient (Wildman–Crippen LogP) is 4.52. The first-order valence-electron chi connectivity index (χ1n) is 10.0. The van der Waals surface area contributed by atoms with Gasteiger partial charge in [-0.1, -0.05) is 35.9 Å². The van der Waals surface area contributed by atoms with Gasteiger partial charge in [0.05, 0.1) is 13.2 Å². The standard InChI is InChI=1S/C23H23ClN2O4/c24-17-10-8-16(9-11-17)4-3-7-20(27)25-21-18-5-1-2-6-19(18)30-22(21)23(28)26-12-14-29-15-13-26/h1-2,5-6,8-11H,3-4,7,12-15H2,(H,25,27). The van der Waals surface area contributed by atoms with Crippen LogP contribution in [0.3, 0.4) is 0 Å². The van der Waals surface area contributed by atoms with Crippen molar-refractivity contribution in [3.63, 3.8) is 0 Å². The number of aryl methyl sites for hydroxylation is 1. The summed E-state index contributed by atoms with van der Waals surface area (Å²) in [6, 6.07) is 14.9. The van der Waals surface area contributed by atoms with Crippen molar-refractivity contribution in [2.75, 3.05) is 31.6 Å². The first kappa shape index (κ1) is 20.4. The molecule has 1 fully saturated rings. The molecule has 4 rings (SSSR count). The number of amides is 2. The minimum absolute atomic E-state index is 0.147. The van der Waals surface area contributed by atoms with Gasteiger partial charge in [-0.05, 0) is 42.7 Å². The highest BCUT2D eigenvalue weighted by molar-refractivity contribution is 6.30. The molecule has 0 atom stereocenters. The number of halogens is 1. The van der Waals surface area contributed by atoms with Crippen molar-refractivity contribution in [3.8, 4) is 0 Å². The third kappa shape index (κ3) is 4.66. The number of anilines is 1. The summed E-state index contributed by atoms with van der Waals surface area (Å²) >= 11 is 5.91. The van der Waals surface area contributed by atoms with Gasteiger partial charge in [0.1, 0.15) is 11.3 Å². The maximum atomic E-state index is 13.0. The van der Waals surface area contributed by atoms with Gasteiger partial charge < -0.3 is 19.4 Å². The fraction of sp³-hybridized carbons (Fsp3) is 0.304. The monoisotopic (exact) mass is 426 g/mol. The molecule has 0 spiro atoms. The van der Waals surface area contributed by atoms with Crippen LogP contribution in [0.5, 0.6) is 0 Å². The molecule has 1 aliphatic heterocycles. The van der Waals surface area contributed by atoms with E-state index in [0.717, 1.165) is 17.4 Å². The van der Waals surface area contributed by atoms with Crippen LogP contribution in [0, 0.1) is 0 Å². The second-order valence-electron chi connectivity index (χ2n) is 7.24. The number of morpholine rings is 1. The average molecular weight is 427 g/mol. The largest absolute Gasteiger partial charge is 0.449 e. The summed E-state index contributed by atoms with van der Waals surface area (Å²) < 4.78 is 11.2. The zero-order valence-electron chi connectivity index (χ0n) is 16.5. The molecule has 0 bridgehead atoms. The Kier molecular flexibility index (Phi) is 6.35. The summed E-state index contributed by atoms with van der Waals surface area (Å²) in [6.45, 7) is 2.01. The quantitative estimate of drug-likeness (QED) is 0.629. The number of para-hydroxylation sites is 1. The van der Waals surface area contributed by atoms with E-state index in [9.17, 15) is 9.59 Å². The number of rotatable bonds is 6. The molecule has 7 heteroatoms. The summed E-state index contributed by atoms with van der Waals surface area (Å²) in [6.07, 6.45) is 1.81. The van der Waals surface area contributed by atoms with Crippen molar-refractivity contribution in [1.82, 2.24) is 4.90 Å². The number of carbonyl (C=O) groups is 2. The Bertz CT molecular complexity index is 1040. The molecule has 2 aromatic carbocycles. The van der Waals surface area contributed by atoms with E-state index in [1.807, 2.05) is 42.5 Å². The average Bonchev–Trinajstić information content (AvgIpc) is 3.13. The van der Waals surface area contributed by atoms with E-state index in [0.29, 0.717) is 55.4 Å². The Hall–Kier alpha value is -2.83. The summed E-state index contributed by atoms with van der Waals surface area (Å²) in [5.41, 5.74) is 2.15. The normalized spacial score (nSPS) is 14.1. The fourth-order valence-electron chi connectivity index (χ4n) is 3.54. The van der Waals surface area contributed by atoms with Crippen molar-refractivity contribution in [1.29, 1.82) is 0 Å². The Labute approximate surface area is 179 Å². The Balaban J connectivity index is 1.47. The van der Waals surface area contributed by atoms with Crippen LogP contribution in [0.2, 0.25) is 5.02 Å². The Morgan fingerprint density at radius 3 is 2.53 bits per heavy atom. The minimum atomic E-state index is -0.231. The number of ether oxygens (including phenoxy) is 1. The van der Waals surface area contributed by atoms with Crippen molar-refractivity contribution in [2.24, 2.45) is 0 Å². The maximum absolute atomic E-state index is 13.0. The number of nitrogens with zero attached hydrogens (tertiary/aromatic N) is 1. The third-order valence-electron chi connectivity index (χ3n) is 5.13. The van der Waals surface area contributed by atoms with Gasteiger partial charge in [-0.15, -0.1) is 0 Å². The molecule has 0 unspecified atom stereocenters. The van der Waals surface area contributed by atoms with Gasteiger partial charge in [-0.3, -0.25) is 9.59 Å². The van der Waals surface area contributed by atoms with Crippen molar-refractivity contribution < 1.29 is 18.7 Å². The number of hydrogen-bond acceptors (Lipinski definition) is 4. The second-order valence-corrected chi connectivity index (χ2v) is 7.67. The predicted molar refractivity (Wildman–Crippen MR) is 116 cm³/mol. The SMILES string of the molecule is O=C(CCCc1ccc(Cl)cc1)Nc1c(C(=O)N2CCOCC2)oc2ccccc12. The van der Waals surface area contributed by atoms with E-state index >= 15 is 0 Å². The molecule has 2 amide bonds. The highest BCUT2D eigenvalue weighted by Crippen LogP contribution is 2.32. The Morgan fingerprint density at radius 1 is 1.03 bits per heavy atom. The van der Waals surface area contributed by atoms with E-state index < -0.39 is 0 Å². The van der Waals surface area contributed by atoms with Crippen LogP contribution in [0.4, 0.5) is 5.69 Å². The van der Waals surface area contributed by atoms with Crippen LogP contribution in [0.15, 0.2) is 52.9 Å². The van der Waals surface area contributed by atoms with Gasteiger partial charge in [0, 0.05) is 29.9 Å². The minimum Gasteiger partial charge on any atom is -0.449 e. The number of carbonyl (C=O) groups excluding carboxylic acids is 2. The van der Waals surface area contributed by atoms with E-state index in [1.54, 1.807) is 11.0 Å². The molecule has 6 nitrogen and oxygen atoms in total. The fourth-order valence-corrected chi connectivity index (χ4v) is 3.66. The number of nitrogens with one attached hydrogen (secondary N) is 1. The molecule has 1 saturated heterocycles. The highest BCUT2D eigenvalue weighted by Gasteiger charge is 2.27. The van der Waals surface area contributed by atoms with Gasteiger partial charge in [-0.25, -0.2) is 0 Å². The van der Waals surface area contributed by atoms with Gasteiger partial charge in [-0.2, -0.15) is 0 Å². The third-order valence-corrected chi connectivity index (χ3v) is 5.39. The van der Waals surface area contributed by atoms with Crippen LogP contribution in [-0.4, -0.2) is 43.0 Å². The van der Waals surface area contributed by atoms with Crippen LogP contribution in [-0.2, 0) is 16.0 Å². The van der Waals surface area contributed by atoms with Crippen molar-refractivity contribution >= 4 is 40.1 Å². The zero-order valence-corrected chi connectivity index (χ0v) is 17.3. The lowest BCUT2D eigenvalue weighted by molar-refractivity contribution is -0.116. The molecule has 3 aromatic rings. The summed E-state index contributed by atoms with van der Waals surface area (Å²) in [7, 11) is 0. The van der Waals surface area contributed by atoms with E-state index in [4.69, 9.17) is 20.8 Å². The summed E-state index contributed by atoms with van der Waals surface area (Å²) in [5, 5.41) is 4.33. The second kappa shape index (κ2) is 9.32. The van der Waals surface area contributed by atoms with E-state index in [1.165, 1.54) is 0 Å². The van der Waals surface area contributed by atoms with Crippen molar-refractivity contribution in [3.05, 3.63) is 64.9 Å².